The van der Waals surface area contributed by atoms with Gasteiger partial charge in [0.15, 0.2) is 0 Å². The molecule has 652 valence electrons. The molecule has 12 amide bonds. The summed E-state index contributed by atoms with van der Waals surface area (Å²) in [6.07, 6.45) is -20.8. The SMILES string of the molecule is CCO[C@@H]1C[C@H]2C(=O)NC3(CCC(F)(F)CC3)C(=O)N(C)[C@@H](C3CCCC3)C(=O)N(C)[C@H](C(=O)N3CCOCC3)CC(=O)N(C)[C@@H](CC(C)C)C(=O)N[C@@H]([C@@H](C)CC)C(=O)N(C)CC(=O)N(C)[C@H]3CCCCCN(C3=O)[C@@H](CC3CCC(C(F)(F)F)CC3)C(=O)N(C)CC(=O)N[C@@H](CCC3CC(F)C(C(F)(F)F)C(F)C3)C(=O)N2C1. The normalized spacial score (nSPS) is 32.1. The van der Waals surface area contributed by atoms with Crippen LogP contribution in [-0.2, 0) is 67.0 Å². The lowest BCUT2D eigenvalue weighted by Gasteiger charge is -2.45. The summed E-state index contributed by atoms with van der Waals surface area (Å²) in [6.45, 7) is 6.78. The van der Waals surface area contributed by atoms with Crippen LogP contribution in [0, 0.1) is 41.4 Å². The average molecular weight is 1650 g/mol. The van der Waals surface area contributed by atoms with E-state index in [9.17, 15) is 40.7 Å². The minimum absolute atomic E-state index is 0.00313. The fraction of sp³-hybridized carbons (Fsp3) is 0.848. The Bertz CT molecular complexity index is 3390. The van der Waals surface area contributed by atoms with Gasteiger partial charge in [-0.2, -0.15) is 26.3 Å². The van der Waals surface area contributed by atoms with Crippen molar-refractivity contribution in [3.05, 3.63) is 0 Å². The molecule has 8 fully saturated rings. The number of nitrogens with zero attached hydrogens (tertiary/aromatic N) is 9. The molecule has 4 saturated heterocycles. The lowest BCUT2D eigenvalue weighted by atomic mass is 9.76. The molecule has 8 aliphatic rings. The van der Waals surface area contributed by atoms with Crippen molar-refractivity contribution < 1.29 is 111 Å². The molecule has 36 heteroatoms. The number of ether oxygens (including phenoxy) is 2. The highest BCUT2D eigenvalue weighted by molar-refractivity contribution is 6.01. The van der Waals surface area contributed by atoms with E-state index in [-0.39, 0.29) is 96.7 Å². The van der Waals surface area contributed by atoms with Crippen LogP contribution in [0.4, 0.5) is 43.9 Å². The van der Waals surface area contributed by atoms with Crippen molar-refractivity contribution in [2.24, 2.45) is 41.4 Å². The Labute approximate surface area is 667 Å². The van der Waals surface area contributed by atoms with Gasteiger partial charge in [0, 0.05) is 94.3 Å². The van der Waals surface area contributed by atoms with Gasteiger partial charge in [-0.15, -0.1) is 0 Å². The van der Waals surface area contributed by atoms with Crippen LogP contribution >= 0.6 is 0 Å². The van der Waals surface area contributed by atoms with Gasteiger partial charge in [-0.3, -0.25) is 57.5 Å². The van der Waals surface area contributed by atoms with Crippen LogP contribution in [0.3, 0.4) is 0 Å². The van der Waals surface area contributed by atoms with Crippen LogP contribution in [0.5, 0.6) is 0 Å². The fourth-order valence-corrected chi connectivity index (χ4v) is 18.5. The molecule has 4 aliphatic carbocycles. The van der Waals surface area contributed by atoms with Gasteiger partial charge < -0.3 is 69.5 Å². The van der Waals surface area contributed by atoms with Crippen LogP contribution in [0.1, 0.15) is 195 Å². The number of carbonyl (C=O) groups is 12. The number of alkyl halides is 10. The molecule has 3 N–H and O–H groups in total. The van der Waals surface area contributed by atoms with Crippen LogP contribution in [0.25, 0.3) is 0 Å². The molecule has 26 nitrogen and oxygen atoms in total. The molecule has 1 spiro atoms. The Morgan fingerprint density at radius 2 is 1.20 bits per heavy atom. The first-order valence-corrected chi connectivity index (χ1v) is 41.3. The Morgan fingerprint density at radius 3 is 1.78 bits per heavy atom. The zero-order chi connectivity index (χ0) is 85.1. The molecule has 8 rings (SSSR count). The van der Waals surface area contributed by atoms with E-state index < -0.39 is 274 Å². The van der Waals surface area contributed by atoms with E-state index in [0.29, 0.717) is 51.4 Å². The highest BCUT2D eigenvalue weighted by atomic mass is 19.4. The lowest BCUT2D eigenvalue weighted by molar-refractivity contribution is -0.219. The fourth-order valence-electron chi connectivity index (χ4n) is 18.5. The summed E-state index contributed by atoms with van der Waals surface area (Å²) in [5, 5.41) is 8.19. The van der Waals surface area contributed by atoms with Gasteiger partial charge in [0.05, 0.1) is 44.7 Å². The maximum absolute atomic E-state index is 16.0. The van der Waals surface area contributed by atoms with E-state index >= 15 is 60.7 Å². The summed E-state index contributed by atoms with van der Waals surface area (Å²) in [4.78, 5) is 194. The number of carbonyl (C=O) groups excluding carboxylic acids is 12. The van der Waals surface area contributed by atoms with Crippen LogP contribution < -0.4 is 16.0 Å². The third-order valence-corrected chi connectivity index (χ3v) is 25.7. The Morgan fingerprint density at radius 1 is 0.591 bits per heavy atom. The van der Waals surface area contributed by atoms with E-state index in [1.54, 1.807) is 34.6 Å². The summed E-state index contributed by atoms with van der Waals surface area (Å²) in [6, 6.07) is -12.1. The monoisotopic (exact) mass is 1650 g/mol. The quantitative estimate of drug-likeness (QED) is 0.152. The van der Waals surface area contributed by atoms with Gasteiger partial charge in [0.1, 0.15) is 72.1 Å². The molecule has 0 aromatic rings. The predicted molar refractivity (Wildman–Crippen MR) is 399 cm³/mol. The van der Waals surface area contributed by atoms with Crippen molar-refractivity contribution in [3.63, 3.8) is 0 Å². The zero-order valence-corrected chi connectivity index (χ0v) is 68.5. The summed E-state index contributed by atoms with van der Waals surface area (Å²) in [5.74, 6) is -21.9. The summed E-state index contributed by atoms with van der Waals surface area (Å²) in [7, 11) is 7.74. The van der Waals surface area contributed by atoms with E-state index in [0.717, 1.165) is 34.3 Å². The Hall–Kier alpha value is -7.14. The highest BCUT2D eigenvalue weighted by Gasteiger charge is 2.57. The molecule has 4 heterocycles. The number of halogens is 10. The molecule has 4 saturated carbocycles. The number of morpholine rings is 1. The lowest BCUT2D eigenvalue weighted by Crippen LogP contribution is -2.67. The number of amides is 12. The van der Waals surface area contributed by atoms with E-state index in [1.165, 1.54) is 52.1 Å². The van der Waals surface area contributed by atoms with Crippen LogP contribution in [0.15, 0.2) is 0 Å². The van der Waals surface area contributed by atoms with Crippen LogP contribution in [0.2, 0.25) is 0 Å². The first kappa shape index (κ1) is 93.4. The third kappa shape index (κ3) is 23.2. The van der Waals surface area contributed by atoms with Crippen molar-refractivity contribution in [1.82, 2.24) is 60.0 Å². The first-order valence-electron chi connectivity index (χ1n) is 41.3. The van der Waals surface area contributed by atoms with Gasteiger partial charge in [-0.05, 0) is 139 Å². The topological polar surface area (TPSA) is 289 Å². The zero-order valence-electron chi connectivity index (χ0n) is 68.5. The van der Waals surface area contributed by atoms with Gasteiger partial charge in [0.2, 0.25) is 76.8 Å². The molecule has 2 unspecified atom stereocenters. The molecule has 4 aliphatic heterocycles. The molecule has 12 atom stereocenters. The predicted octanol–water partition coefficient (Wildman–Crippen LogP) is 7.37. The second kappa shape index (κ2) is 40.1. The first-order chi connectivity index (χ1) is 53.9. The van der Waals surface area contributed by atoms with Crippen molar-refractivity contribution in [3.8, 4) is 0 Å². The third-order valence-electron chi connectivity index (χ3n) is 25.7. The van der Waals surface area contributed by atoms with Crippen LogP contribution in [-0.4, -0.2) is 307 Å². The molecular weight excluding hydrogens is 1530 g/mol. The van der Waals surface area contributed by atoms with Crippen molar-refractivity contribution in [2.75, 3.05) is 101 Å². The number of hydrogen-bond donors (Lipinski definition) is 3. The van der Waals surface area contributed by atoms with Gasteiger partial charge in [-0.1, -0.05) is 59.8 Å². The van der Waals surface area contributed by atoms with Gasteiger partial charge >= 0.3 is 12.4 Å². The minimum Gasteiger partial charge on any atom is -0.378 e. The highest BCUT2D eigenvalue weighted by Crippen LogP contribution is 2.46. The maximum atomic E-state index is 16.0. The summed E-state index contributed by atoms with van der Waals surface area (Å²) >= 11 is 0. The van der Waals surface area contributed by atoms with E-state index in [4.69, 9.17) is 9.47 Å². The second-order valence-electron chi connectivity index (χ2n) is 34.2. The summed E-state index contributed by atoms with van der Waals surface area (Å²) in [5.41, 5.74) is -2.27. The maximum Gasteiger partial charge on any atom is 0.397 e. The summed E-state index contributed by atoms with van der Waals surface area (Å²) < 4.78 is 159. The standard InChI is InChI=1S/C79H122F10N12O14/c1-12-47(5)65-73(111)94(7)45-63(104)95(8)56-21-15-14-18-32-100(72(56)110)60(40-48-22-25-51(26-23-48)78(84,85)86)70(108)93(6)44-61(102)90-55(27-24-49-38-53(80)64(54(81)39-49)79(87,88)89)69(107)101-43-52(115-13-2)41-58(101)68(106)92-76(28-30-77(82,83)31-29-76)75(113)98(11)66(50-19-16-17-20-50)74(112)97(10)59(71(109)99-33-35-114-36-34-99)42-62(103)96(9)57(37-46(3)4)67(105)91-65/h46-60,64-66H,12-45H2,1-11H3,(H,90,102)(H,91,105)(H,92,106)/t47-,48?,49?,51?,52+,53?,54?,55-,56-,57-,58-,59-,60-,64?,65-,66-/m0/s1. The number of hydrogen-bond acceptors (Lipinski definition) is 14. The van der Waals surface area contributed by atoms with Gasteiger partial charge in [0.25, 0.3) is 0 Å². The average Bonchev–Trinajstić information content (AvgIpc) is 1.75. The number of rotatable bonds is 13. The molecule has 2 bridgehead atoms. The smallest absolute Gasteiger partial charge is 0.378 e. The van der Waals surface area contributed by atoms with E-state index in [1.807, 2.05) is 0 Å². The largest absolute Gasteiger partial charge is 0.397 e. The number of nitrogens with one attached hydrogen (secondary N) is 3. The molecule has 0 radical (unpaired) electrons. The molecule has 0 aromatic carbocycles. The molecular formula is C79H122F10N12O14. The molecule has 0 aromatic heterocycles. The van der Waals surface area contributed by atoms with Gasteiger partial charge in [-0.25, -0.2) is 17.6 Å². The molecule has 115 heavy (non-hydrogen) atoms. The second-order valence-corrected chi connectivity index (χ2v) is 34.2. The van der Waals surface area contributed by atoms with Crippen molar-refractivity contribution >= 4 is 70.9 Å². The Balaban J connectivity index is 1.24. The van der Waals surface area contributed by atoms with E-state index in [2.05, 4.69) is 16.0 Å². The number of fused-ring (bicyclic) bond motifs is 3. The van der Waals surface area contributed by atoms with Crippen molar-refractivity contribution in [2.45, 2.75) is 286 Å². The van der Waals surface area contributed by atoms with Crippen molar-refractivity contribution in [1.29, 1.82) is 0 Å². The number of likely N-dealkylation sites (N-methyl/N-ethyl adjacent to an activating group) is 6. The minimum atomic E-state index is -5.26. The Kier molecular flexibility index (Phi) is 32.5.